The molecule has 0 aliphatic heterocycles. The van der Waals surface area contributed by atoms with Crippen molar-refractivity contribution < 1.29 is 27.3 Å². The highest BCUT2D eigenvalue weighted by Crippen LogP contribution is 2.34. The molecule has 4 N–H and O–H groups in total. The van der Waals surface area contributed by atoms with Crippen LogP contribution in [-0.2, 0) is 19.6 Å². The summed E-state index contributed by atoms with van der Waals surface area (Å²) in [6.07, 6.45) is 0.980. The van der Waals surface area contributed by atoms with Gasteiger partial charge in [0.2, 0.25) is 11.8 Å². The van der Waals surface area contributed by atoms with E-state index in [-0.39, 0.29) is 28.8 Å². The normalized spacial score (nSPS) is 10.6. The van der Waals surface area contributed by atoms with Gasteiger partial charge in [0.25, 0.3) is 15.9 Å². The number of thiophene rings is 1. The number of sulfonamides is 1. The molecule has 0 aliphatic carbocycles. The molecule has 0 saturated carbocycles. The molecule has 176 valence electrons. The molecule has 33 heavy (non-hydrogen) atoms. The van der Waals surface area contributed by atoms with Gasteiger partial charge in [0.15, 0.2) is 6.29 Å². The average molecular weight is 622 g/mol. The van der Waals surface area contributed by atoms with Gasteiger partial charge in [-0.05, 0) is 35.0 Å². The van der Waals surface area contributed by atoms with Crippen LogP contribution >= 0.6 is 43.4 Å². The summed E-state index contributed by atoms with van der Waals surface area (Å²) in [5.74, 6) is -0.685. The fourth-order valence-corrected chi connectivity index (χ4v) is 5.23. The molecule has 14 heteroatoms. The van der Waals surface area contributed by atoms with Gasteiger partial charge in [-0.2, -0.15) is 0 Å². The van der Waals surface area contributed by atoms with E-state index in [1.807, 2.05) is 0 Å². The predicted octanol–water partition coefficient (Wildman–Crippen LogP) is 3.77. The van der Waals surface area contributed by atoms with E-state index in [0.29, 0.717) is 26.2 Å². The topological polar surface area (TPSA) is 161 Å². The summed E-state index contributed by atoms with van der Waals surface area (Å²) in [7, 11) is -3.81. The molecule has 0 spiro atoms. The molecular weight excluding hydrogens is 604 g/mol. The molecule has 0 radical (unpaired) electrons. The highest BCUT2D eigenvalue weighted by Gasteiger charge is 2.22. The number of hydrogen-bond acceptors (Lipinski definition) is 8. The molecular formula is C19H18Br2N4O6S2. The third-order valence-corrected chi connectivity index (χ3v) is 8.24. The first kappa shape index (κ1) is 26.7. The Morgan fingerprint density at radius 1 is 1.21 bits per heavy atom. The number of aromatic nitrogens is 1. The first-order valence-corrected chi connectivity index (χ1v) is 12.9. The number of rotatable bonds is 8. The van der Waals surface area contributed by atoms with Gasteiger partial charge in [0, 0.05) is 45.0 Å². The number of carbonyl (C=O) groups is 3. The van der Waals surface area contributed by atoms with Crippen LogP contribution in [0.1, 0.15) is 28.9 Å². The van der Waals surface area contributed by atoms with Crippen LogP contribution in [0.3, 0.4) is 0 Å². The van der Waals surface area contributed by atoms with Crippen molar-refractivity contribution in [3.63, 3.8) is 0 Å². The first-order chi connectivity index (χ1) is 15.6. The van der Waals surface area contributed by atoms with E-state index in [1.165, 1.54) is 6.07 Å². The van der Waals surface area contributed by atoms with Gasteiger partial charge < -0.3 is 10.3 Å². The number of aldehydes is 1. The molecule has 0 aliphatic rings. The second-order valence-corrected chi connectivity index (χ2v) is 10.5. The highest BCUT2D eigenvalue weighted by atomic mass is 79.9. The molecule has 0 bridgehead atoms. The molecule has 3 rings (SSSR count). The van der Waals surface area contributed by atoms with Crippen LogP contribution in [0.4, 0.5) is 5.88 Å². The summed E-state index contributed by atoms with van der Waals surface area (Å²) < 4.78 is 35.0. The van der Waals surface area contributed by atoms with Gasteiger partial charge in [-0.25, -0.2) is 13.1 Å². The van der Waals surface area contributed by atoms with E-state index in [1.54, 1.807) is 37.3 Å². The van der Waals surface area contributed by atoms with Crippen molar-refractivity contribution in [3.8, 4) is 10.4 Å². The van der Waals surface area contributed by atoms with Crippen LogP contribution in [0, 0.1) is 6.92 Å². The summed E-state index contributed by atoms with van der Waals surface area (Å²) in [6.45, 7) is 1.69. The number of nitrogens with two attached hydrogens (primary N) is 1. The lowest BCUT2D eigenvalue weighted by molar-refractivity contribution is -0.123. The smallest absolute Gasteiger partial charge is 0.273 e. The minimum atomic E-state index is -3.81. The fourth-order valence-electron chi connectivity index (χ4n) is 2.31. The van der Waals surface area contributed by atoms with E-state index in [0.717, 1.165) is 17.6 Å². The molecule has 2 amide bonds. The van der Waals surface area contributed by atoms with E-state index in [2.05, 4.69) is 46.3 Å². The zero-order valence-corrected chi connectivity index (χ0v) is 21.8. The van der Waals surface area contributed by atoms with Crippen molar-refractivity contribution in [1.29, 1.82) is 0 Å². The number of halogens is 2. The van der Waals surface area contributed by atoms with Crippen LogP contribution in [0.25, 0.3) is 10.4 Å². The second kappa shape index (κ2) is 12.1. The lowest BCUT2D eigenvalue weighted by Gasteiger charge is -2.03. The number of nitrogens with one attached hydrogen (secondary N) is 2. The SMILES string of the molecule is Cc1noc(NS(=O)(=O)c2ccc(-c3ccccc3C=O)s2)c1Br.NC(=O)CCC(=O)NBr. The zero-order chi connectivity index (χ0) is 24.6. The highest BCUT2D eigenvalue weighted by molar-refractivity contribution is 9.10. The summed E-state index contributed by atoms with van der Waals surface area (Å²) in [5, 5.41) is 3.69. The van der Waals surface area contributed by atoms with Crippen LogP contribution in [-0.4, -0.2) is 31.7 Å². The minimum Gasteiger partial charge on any atom is -0.370 e. The molecule has 1 aromatic carbocycles. The van der Waals surface area contributed by atoms with Crippen LogP contribution < -0.4 is 14.8 Å². The number of aryl methyl sites for hydroxylation is 1. The Bertz CT molecular complexity index is 1260. The Morgan fingerprint density at radius 2 is 1.91 bits per heavy atom. The minimum absolute atomic E-state index is 0.0238. The van der Waals surface area contributed by atoms with Crippen molar-refractivity contribution in [3.05, 3.63) is 52.1 Å². The number of hydrogen-bond donors (Lipinski definition) is 3. The van der Waals surface area contributed by atoms with Crippen LogP contribution in [0.2, 0.25) is 0 Å². The molecule has 0 unspecified atom stereocenters. The molecule has 3 aromatic rings. The molecule has 2 aromatic heterocycles. The Morgan fingerprint density at radius 3 is 2.48 bits per heavy atom. The summed E-state index contributed by atoms with van der Waals surface area (Å²) >= 11 is 7.00. The standard InChI is InChI=1S/C15H11BrN2O4S2.C4H7BrN2O2/c1-9-14(16)15(22-17-9)18-24(20,21)13-7-6-12(23-13)11-5-3-2-4-10(11)8-19;5-7-4(9)2-1-3(6)8/h2-8,18H,1H3;1-2H2,(H2,6,8)(H,7,9). The van der Waals surface area contributed by atoms with Crippen molar-refractivity contribution in [1.82, 2.24) is 9.50 Å². The van der Waals surface area contributed by atoms with E-state index < -0.39 is 15.9 Å². The van der Waals surface area contributed by atoms with Crippen molar-refractivity contribution >= 4 is 77.4 Å². The third-order valence-electron chi connectivity index (χ3n) is 3.92. The Balaban J connectivity index is 0.000000365. The van der Waals surface area contributed by atoms with Crippen molar-refractivity contribution in [2.75, 3.05) is 4.72 Å². The van der Waals surface area contributed by atoms with E-state index >= 15 is 0 Å². The molecule has 10 nitrogen and oxygen atoms in total. The van der Waals surface area contributed by atoms with Gasteiger partial charge in [-0.1, -0.05) is 29.4 Å². The maximum Gasteiger partial charge on any atom is 0.273 e. The zero-order valence-electron chi connectivity index (χ0n) is 17.0. The average Bonchev–Trinajstić information content (AvgIpc) is 3.41. The summed E-state index contributed by atoms with van der Waals surface area (Å²) in [6, 6.07) is 10.2. The first-order valence-electron chi connectivity index (χ1n) is 9.05. The lowest BCUT2D eigenvalue weighted by atomic mass is 10.1. The monoisotopic (exact) mass is 620 g/mol. The third kappa shape index (κ3) is 7.48. The molecule has 0 saturated heterocycles. The van der Waals surface area contributed by atoms with Crippen LogP contribution in [0.15, 0.2) is 49.6 Å². The largest absolute Gasteiger partial charge is 0.370 e. The number of benzene rings is 1. The van der Waals surface area contributed by atoms with Gasteiger partial charge in [-0.3, -0.25) is 18.7 Å². The Hall–Kier alpha value is -2.55. The van der Waals surface area contributed by atoms with Crippen LogP contribution in [0.5, 0.6) is 0 Å². The maximum atomic E-state index is 12.5. The fraction of sp³-hybridized carbons (Fsp3) is 0.158. The van der Waals surface area contributed by atoms with Gasteiger partial charge in [0.1, 0.15) is 8.68 Å². The quantitative estimate of drug-likeness (QED) is 0.255. The molecule has 0 atom stereocenters. The van der Waals surface area contributed by atoms with Crippen molar-refractivity contribution in [2.24, 2.45) is 5.73 Å². The van der Waals surface area contributed by atoms with Crippen molar-refractivity contribution in [2.45, 2.75) is 24.0 Å². The van der Waals surface area contributed by atoms with E-state index in [4.69, 9.17) is 10.3 Å². The Labute approximate surface area is 210 Å². The van der Waals surface area contributed by atoms with Gasteiger partial charge >= 0.3 is 0 Å². The number of carbonyl (C=O) groups excluding carboxylic acids is 3. The second-order valence-electron chi connectivity index (χ2n) is 6.32. The number of amides is 2. The maximum absolute atomic E-state index is 12.5. The molecule has 2 heterocycles. The van der Waals surface area contributed by atoms with Gasteiger partial charge in [-0.15, -0.1) is 11.3 Å². The molecule has 0 fully saturated rings. The van der Waals surface area contributed by atoms with E-state index in [9.17, 15) is 22.8 Å². The lowest BCUT2D eigenvalue weighted by Crippen LogP contribution is -2.17. The predicted molar refractivity (Wildman–Crippen MR) is 130 cm³/mol. The number of anilines is 1. The van der Waals surface area contributed by atoms with Gasteiger partial charge in [0.05, 0.1) is 5.69 Å². The number of primary amides is 1. The summed E-state index contributed by atoms with van der Waals surface area (Å²) in [5.41, 5.74) is 6.50. The Kier molecular flexibility index (Phi) is 9.76. The number of nitrogens with zero attached hydrogens (tertiary/aromatic N) is 1. The summed E-state index contributed by atoms with van der Waals surface area (Å²) in [4.78, 5) is 32.2.